The Labute approximate surface area is 140 Å². The molecule has 1 aromatic carbocycles. The zero-order chi connectivity index (χ0) is 16.2. The molecular weight excluding hydrogens is 315 g/mol. The zero-order valence-corrected chi connectivity index (χ0v) is 13.9. The molecule has 1 aliphatic rings. The quantitative estimate of drug-likeness (QED) is 0.858. The summed E-state index contributed by atoms with van der Waals surface area (Å²) < 4.78 is 13.6. The van der Waals surface area contributed by atoms with Gasteiger partial charge in [0.05, 0.1) is 5.02 Å². The summed E-state index contributed by atoms with van der Waals surface area (Å²) in [4.78, 5) is 12.8. The van der Waals surface area contributed by atoms with E-state index < -0.39 is 0 Å². The van der Waals surface area contributed by atoms with Crippen LogP contribution in [0.5, 0.6) is 0 Å². The minimum atomic E-state index is -0.351. The highest BCUT2D eigenvalue weighted by Crippen LogP contribution is 2.22. The fraction of sp³-hybridized carbons (Fsp3) is 0.412. The molecule has 0 amide bonds. The van der Waals surface area contributed by atoms with Gasteiger partial charge in [0, 0.05) is 32.4 Å². The molecule has 0 radical (unpaired) electrons. The fourth-order valence-corrected chi connectivity index (χ4v) is 3.18. The molecule has 23 heavy (non-hydrogen) atoms. The smallest absolute Gasteiger partial charge is 0.142 e. The van der Waals surface area contributed by atoms with Gasteiger partial charge in [-0.15, -0.1) is 0 Å². The van der Waals surface area contributed by atoms with Crippen LogP contribution in [0.3, 0.4) is 0 Å². The van der Waals surface area contributed by atoms with E-state index in [-0.39, 0.29) is 10.8 Å². The first-order valence-corrected chi connectivity index (χ1v) is 8.16. The van der Waals surface area contributed by atoms with Gasteiger partial charge >= 0.3 is 0 Å². The number of likely N-dealkylation sites (N-methyl/N-ethyl adjacent to an activating group) is 1. The largest absolute Gasteiger partial charge is 0.355 e. The molecule has 0 saturated carbocycles. The minimum absolute atomic E-state index is 0.175. The molecule has 1 aromatic heterocycles. The van der Waals surface area contributed by atoms with E-state index in [1.807, 2.05) is 12.1 Å². The van der Waals surface area contributed by atoms with E-state index in [4.69, 9.17) is 11.6 Å². The molecule has 1 saturated heterocycles. The van der Waals surface area contributed by atoms with Crippen LogP contribution in [0.25, 0.3) is 0 Å². The van der Waals surface area contributed by atoms with Crippen molar-refractivity contribution in [3.63, 3.8) is 0 Å². The minimum Gasteiger partial charge on any atom is -0.355 e. The van der Waals surface area contributed by atoms with Crippen molar-refractivity contribution in [2.75, 3.05) is 25.0 Å². The van der Waals surface area contributed by atoms with Gasteiger partial charge in [0.2, 0.25) is 0 Å². The van der Waals surface area contributed by atoms with E-state index in [9.17, 15) is 4.39 Å². The van der Waals surface area contributed by atoms with Gasteiger partial charge in [-0.25, -0.2) is 14.4 Å². The molecule has 4 nitrogen and oxygen atoms in total. The standard InChI is InChI=1S/C17H20ClFN4/c1-22(17-6-7-20-12-21-17)14-3-2-8-23(11-14)10-13-4-5-15(18)16(19)9-13/h4-7,9,12,14H,2-3,8,10-11H2,1H3. The molecule has 0 spiro atoms. The number of halogens is 2. The zero-order valence-electron chi connectivity index (χ0n) is 13.1. The van der Waals surface area contributed by atoms with E-state index >= 15 is 0 Å². The summed E-state index contributed by atoms with van der Waals surface area (Å²) in [6.45, 7) is 2.70. The molecule has 1 atom stereocenters. The predicted molar refractivity (Wildman–Crippen MR) is 90.1 cm³/mol. The fourth-order valence-electron chi connectivity index (χ4n) is 3.07. The third kappa shape index (κ3) is 3.98. The molecule has 122 valence electrons. The maximum atomic E-state index is 13.6. The van der Waals surface area contributed by atoms with Crippen molar-refractivity contribution < 1.29 is 4.39 Å². The average Bonchev–Trinajstić information content (AvgIpc) is 2.58. The lowest BCUT2D eigenvalue weighted by molar-refractivity contribution is 0.198. The Morgan fingerprint density at radius 2 is 2.26 bits per heavy atom. The Kier molecular flexibility index (Phi) is 5.08. The highest BCUT2D eigenvalue weighted by atomic mass is 35.5. The van der Waals surface area contributed by atoms with Crippen molar-refractivity contribution in [2.24, 2.45) is 0 Å². The maximum Gasteiger partial charge on any atom is 0.142 e. The Bertz CT molecular complexity index is 652. The second-order valence-corrected chi connectivity index (χ2v) is 6.37. The Hall–Kier alpha value is -1.72. The van der Waals surface area contributed by atoms with Crippen LogP contribution in [0.15, 0.2) is 36.8 Å². The summed E-state index contributed by atoms with van der Waals surface area (Å²) in [5.74, 6) is 0.584. The summed E-state index contributed by atoms with van der Waals surface area (Å²) >= 11 is 5.75. The molecule has 2 aromatic rings. The maximum absolute atomic E-state index is 13.6. The van der Waals surface area contributed by atoms with Gasteiger partial charge in [-0.1, -0.05) is 17.7 Å². The summed E-state index contributed by atoms with van der Waals surface area (Å²) in [5.41, 5.74) is 0.956. The van der Waals surface area contributed by atoms with Crippen molar-refractivity contribution in [3.05, 3.63) is 53.2 Å². The molecule has 3 rings (SSSR count). The highest BCUT2D eigenvalue weighted by molar-refractivity contribution is 6.30. The van der Waals surface area contributed by atoms with Gasteiger partial charge in [0.15, 0.2) is 0 Å². The van der Waals surface area contributed by atoms with Crippen molar-refractivity contribution in [1.82, 2.24) is 14.9 Å². The molecule has 6 heteroatoms. The lowest BCUT2D eigenvalue weighted by Crippen LogP contribution is -2.46. The monoisotopic (exact) mass is 334 g/mol. The van der Waals surface area contributed by atoms with Crippen molar-refractivity contribution >= 4 is 17.4 Å². The van der Waals surface area contributed by atoms with Crippen LogP contribution in [0.1, 0.15) is 18.4 Å². The van der Waals surface area contributed by atoms with Crippen molar-refractivity contribution in [1.29, 1.82) is 0 Å². The number of likely N-dealkylation sites (tertiary alicyclic amines) is 1. The average molecular weight is 335 g/mol. The van der Waals surface area contributed by atoms with Gasteiger partial charge in [0.25, 0.3) is 0 Å². The number of nitrogens with zero attached hydrogens (tertiary/aromatic N) is 4. The van der Waals surface area contributed by atoms with E-state index in [0.29, 0.717) is 6.04 Å². The first-order chi connectivity index (χ1) is 11.1. The van der Waals surface area contributed by atoms with Gasteiger partial charge in [0.1, 0.15) is 18.0 Å². The van der Waals surface area contributed by atoms with Gasteiger partial charge < -0.3 is 4.90 Å². The van der Waals surface area contributed by atoms with Gasteiger partial charge in [-0.05, 0) is 43.1 Å². The molecular formula is C17H20ClFN4. The second kappa shape index (κ2) is 7.23. The Morgan fingerprint density at radius 3 is 3.00 bits per heavy atom. The number of piperidine rings is 1. The van der Waals surface area contributed by atoms with Crippen molar-refractivity contribution in [2.45, 2.75) is 25.4 Å². The number of aromatic nitrogens is 2. The van der Waals surface area contributed by atoms with Crippen LogP contribution in [-0.4, -0.2) is 41.0 Å². The van der Waals surface area contributed by atoms with E-state index in [0.717, 1.165) is 43.9 Å². The van der Waals surface area contributed by atoms with Crippen molar-refractivity contribution in [3.8, 4) is 0 Å². The Balaban J connectivity index is 1.65. The first kappa shape index (κ1) is 16.1. The molecule has 2 heterocycles. The van der Waals surface area contributed by atoms with E-state index in [2.05, 4.69) is 26.8 Å². The van der Waals surface area contributed by atoms with Gasteiger partial charge in [-0.2, -0.15) is 0 Å². The summed E-state index contributed by atoms with van der Waals surface area (Å²) in [6.07, 6.45) is 5.58. The molecule has 1 unspecified atom stereocenters. The molecule has 0 N–H and O–H groups in total. The third-order valence-corrected chi connectivity index (χ3v) is 4.65. The normalized spacial score (nSPS) is 18.8. The lowest BCUT2D eigenvalue weighted by Gasteiger charge is -2.38. The SMILES string of the molecule is CN(c1ccncn1)C1CCCN(Cc2ccc(Cl)c(F)c2)C1. The van der Waals surface area contributed by atoms with Crippen LogP contribution in [0, 0.1) is 5.82 Å². The molecule has 0 aliphatic carbocycles. The molecule has 1 aliphatic heterocycles. The number of hydrogen-bond acceptors (Lipinski definition) is 4. The number of rotatable bonds is 4. The van der Waals surface area contributed by atoms with Crippen LogP contribution in [0.4, 0.5) is 10.2 Å². The van der Waals surface area contributed by atoms with Crippen LogP contribution < -0.4 is 4.90 Å². The van der Waals surface area contributed by atoms with E-state index in [1.165, 1.54) is 6.07 Å². The second-order valence-electron chi connectivity index (χ2n) is 5.96. The topological polar surface area (TPSA) is 32.3 Å². The lowest BCUT2D eigenvalue weighted by atomic mass is 10.0. The molecule has 0 bridgehead atoms. The predicted octanol–water partition coefficient (Wildman–Crippen LogP) is 3.37. The summed E-state index contributed by atoms with van der Waals surface area (Å²) in [5, 5.41) is 0.175. The van der Waals surface area contributed by atoms with Gasteiger partial charge in [-0.3, -0.25) is 4.90 Å². The summed E-state index contributed by atoms with van der Waals surface area (Å²) in [7, 11) is 2.07. The van der Waals surface area contributed by atoms with Crippen LogP contribution in [0.2, 0.25) is 5.02 Å². The van der Waals surface area contributed by atoms with E-state index in [1.54, 1.807) is 18.6 Å². The number of benzene rings is 1. The number of anilines is 1. The highest BCUT2D eigenvalue weighted by Gasteiger charge is 2.24. The first-order valence-electron chi connectivity index (χ1n) is 7.78. The van der Waals surface area contributed by atoms with Crippen LogP contribution in [-0.2, 0) is 6.54 Å². The molecule has 1 fully saturated rings. The Morgan fingerprint density at radius 1 is 1.39 bits per heavy atom. The van der Waals surface area contributed by atoms with Crippen LogP contribution >= 0.6 is 11.6 Å². The summed E-state index contributed by atoms with van der Waals surface area (Å²) in [6, 6.07) is 7.37. The number of hydrogen-bond donors (Lipinski definition) is 0. The third-order valence-electron chi connectivity index (χ3n) is 4.35.